The van der Waals surface area contributed by atoms with Crippen LogP contribution in [0, 0.1) is 0 Å². The molecule has 2 N–H and O–H groups in total. The van der Waals surface area contributed by atoms with Gasteiger partial charge < -0.3 is 15.4 Å². The molecule has 0 aliphatic carbocycles. The standard InChI is InChI=1S/C34H32N2O4S/c1-23(2)25-15-13-24(14-16-25)21-30(36-33(38)26-9-5-4-6-10-26)34(39)35-27-17-19-28(20-18-27)41-22-31(37)29-11-7-8-12-32(29)40-3/h4-21,23H,22H2,1-3H3,(H,35,39)(H,36,38)/b30-21-. The number of thioether (sulfide) groups is 1. The van der Waals surface area contributed by atoms with Gasteiger partial charge in [0.2, 0.25) is 0 Å². The van der Waals surface area contributed by atoms with Crippen LogP contribution in [0.15, 0.2) is 114 Å². The Hall–Kier alpha value is -4.62. The largest absolute Gasteiger partial charge is 0.496 e. The van der Waals surface area contributed by atoms with Gasteiger partial charge in [-0.25, -0.2) is 0 Å². The number of rotatable bonds is 11. The molecule has 0 heterocycles. The summed E-state index contributed by atoms with van der Waals surface area (Å²) in [5.74, 6) is 0.325. The molecule has 41 heavy (non-hydrogen) atoms. The number of hydrogen-bond acceptors (Lipinski definition) is 5. The summed E-state index contributed by atoms with van der Waals surface area (Å²) in [6.07, 6.45) is 1.66. The van der Waals surface area contributed by atoms with Gasteiger partial charge in [-0.2, -0.15) is 0 Å². The van der Waals surface area contributed by atoms with E-state index in [1.54, 1.807) is 61.7 Å². The molecule has 7 heteroatoms. The number of amides is 2. The lowest BCUT2D eigenvalue weighted by molar-refractivity contribution is -0.113. The average Bonchev–Trinajstić information content (AvgIpc) is 3.00. The molecule has 4 rings (SSSR count). The van der Waals surface area contributed by atoms with Gasteiger partial charge in [-0.05, 0) is 71.7 Å². The fourth-order valence-corrected chi connectivity index (χ4v) is 4.80. The number of Topliss-reactive ketones (excluding diaryl/α,β-unsaturated/α-hetero) is 1. The first-order valence-corrected chi connectivity index (χ1v) is 14.2. The van der Waals surface area contributed by atoms with Crippen molar-refractivity contribution in [2.45, 2.75) is 24.7 Å². The highest BCUT2D eigenvalue weighted by Crippen LogP contribution is 2.25. The molecule has 0 saturated heterocycles. The minimum atomic E-state index is -0.450. The molecule has 2 amide bonds. The van der Waals surface area contributed by atoms with Crippen molar-refractivity contribution in [2.24, 2.45) is 0 Å². The van der Waals surface area contributed by atoms with Crippen LogP contribution in [0.3, 0.4) is 0 Å². The van der Waals surface area contributed by atoms with E-state index in [-0.39, 0.29) is 23.1 Å². The molecular formula is C34H32N2O4S. The molecule has 6 nitrogen and oxygen atoms in total. The highest BCUT2D eigenvalue weighted by Gasteiger charge is 2.16. The summed E-state index contributed by atoms with van der Waals surface area (Å²) in [5, 5.41) is 5.63. The Morgan fingerprint density at radius 2 is 1.49 bits per heavy atom. The zero-order valence-electron chi connectivity index (χ0n) is 23.2. The van der Waals surface area contributed by atoms with Gasteiger partial charge in [-0.3, -0.25) is 14.4 Å². The van der Waals surface area contributed by atoms with Crippen LogP contribution in [-0.4, -0.2) is 30.5 Å². The van der Waals surface area contributed by atoms with E-state index < -0.39 is 5.91 Å². The molecule has 4 aromatic rings. The molecule has 0 aromatic heterocycles. The van der Waals surface area contributed by atoms with Crippen LogP contribution in [0.5, 0.6) is 5.75 Å². The Morgan fingerprint density at radius 1 is 0.829 bits per heavy atom. The van der Waals surface area contributed by atoms with E-state index in [1.165, 1.54) is 17.3 Å². The first kappa shape index (κ1) is 29.4. The van der Waals surface area contributed by atoms with E-state index in [0.29, 0.717) is 28.5 Å². The zero-order valence-corrected chi connectivity index (χ0v) is 24.0. The predicted molar refractivity (Wildman–Crippen MR) is 166 cm³/mol. The van der Waals surface area contributed by atoms with Gasteiger partial charge in [0.25, 0.3) is 11.8 Å². The zero-order chi connectivity index (χ0) is 29.2. The quantitative estimate of drug-likeness (QED) is 0.114. The highest BCUT2D eigenvalue weighted by molar-refractivity contribution is 8.00. The van der Waals surface area contributed by atoms with E-state index in [9.17, 15) is 14.4 Å². The first-order chi connectivity index (χ1) is 19.8. The summed E-state index contributed by atoms with van der Waals surface area (Å²) in [5.41, 5.74) is 3.65. The van der Waals surface area contributed by atoms with Gasteiger partial charge in [-0.15, -0.1) is 11.8 Å². The van der Waals surface area contributed by atoms with Crippen LogP contribution >= 0.6 is 11.8 Å². The summed E-state index contributed by atoms with van der Waals surface area (Å²) in [6, 6.07) is 31.0. The number of carbonyl (C=O) groups is 3. The monoisotopic (exact) mass is 564 g/mol. The van der Waals surface area contributed by atoms with Crippen LogP contribution in [0.4, 0.5) is 5.69 Å². The maximum atomic E-state index is 13.3. The Labute approximate surface area is 244 Å². The summed E-state index contributed by atoms with van der Waals surface area (Å²) in [7, 11) is 1.54. The van der Waals surface area contributed by atoms with Crippen molar-refractivity contribution >= 4 is 41.1 Å². The van der Waals surface area contributed by atoms with Gasteiger partial charge in [0.05, 0.1) is 18.4 Å². The van der Waals surface area contributed by atoms with E-state index in [2.05, 4.69) is 24.5 Å². The van der Waals surface area contributed by atoms with Crippen molar-refractivity contribution in [1.82, 2.24) is 5.32 Å². The smallest absolute Gasteiger partial charge is 0.272 e. The summed E-state index contributed by atoms with van der Waals surface area (Å²) in [6.45, 7) is 4.23. The van der Waals surface area contributed by atoms with Gasteiger partial charge in [0, 0.05) is 16.1 Å². The third-order valence-electron chi connectivity index (χ3n) is 6.33. The normalized spacial score (nSPS) is 11.2. The molecule has 0 aliphatic rings. The molecule has 0 radical (unpaired) electrons. The number of nitrogens with one attached hydrogen (secondary N) is 2. The fourth-order valence-electron chi connectivity index (χ4n) is 4.02. The highest BCUT2D eigenvalue weighted by atomic mass is 32.2. The number of hydrogen-bond donors (Lipinski definition) is 2. The Morgan fingerprint density at radius 3 is 2.15 bits per heavy atom. The number of para-hydroxylation sites is 1. The molecule has 0 unspecified atom stereocenters. The molecule has 0 saturated carbocycles. The van der Waals surface area contributed by atoms with Gasteiger partial charge in [0.1, 0.15) is 11.4 Å². The van der Waals surface area contributed by atoms with Gasteiger partial charge in [0.15, 0.2) is 5.78 Å². The van der Waals surface area contributed by atoms with Crippen LogP contribution < -0.4 is 15.4 Å². The Bertz CT molecular complexity index is 1530. The summed E-state index contributed by atoms with van der Waals surface area (Å²) < 4.78 is 5.29. The van der Waals surface area contributed by atoms with Crippen molar-refractivity contribution in [3.05, 3.63) is 131 Å². The van der Waals surface area contributed by atoms with Crippen LogP contribution in [0.1, 0.15) is 51.6 Å². The second-order valence-electron chi connectivity index (χ2n) is 9.59. The molecule has 0 atom stereocenters. The minimum Gasteiger partial charge on any atom is -0.496 e. The number of benzene rings is 4. The van der Waals surface area contributed by atoms with Crippen molar-refractivity contribution in [2.75, 3.05) is 18.2 Å². The predicted octanol–water partition coefficient (Wildman–Crippen LogP) is 7.20. The topological polar surface area (TPSA) is 84.5 Å². The number of carbonyl (C=O) groups excluding carboxylic acids is 3. The average molecular weight is 565 g/mol. The second-order valence-corrected chi connectivity index (χ2v) is 10.6. The Balaban J connectivity index is 1.46. The maximum absolute atomic E-state index is 13.3. The van der Waals surface area contributed by atoms with E-state index >= 15 is 0 Å². The number of ether oxygens (including phenoxy) is 1. The van der Waals surface area contributed by atoms with Crippen LogP contribution in [-0.2, 0) is 4.79 Å². The number of methoxy groups -OCH3 is 1. The molecule has 4 aromatic carbocycles. The molecule has 0 fully saturated rings. The lowest BCUT2D eigenvalue weighted by Gasteiger charge is -2.12. The molecular weight excluding hydrogens is 532 g/mol. The lowest BCUT2D eigenvalue weighted by atomic mass is 10.0. The lowest BCUT2D eigenvalue weighted by Crippen LogP contribution is -2.30. The molecule has 0 bridgehead atoms. The third-order valence-corrected chi connectivity index (χ3v) is 7.34. The summed E-state index contributed by atoms with van der Waals surface area (Å²) >= 11 is 1.40. The first-order valence-electron chi connectivity index (χ1n) is 13.2. The minimum absolute atomic E-state index is 0.0322. The van der Waals surface area contributed by atoms with Crippen LogP contribution in [0.25, 0.3) is 6.08 Å². The third kappa shape index (κ3) is 8.19. The van der Waals surface area contributed by atoms with E-state index in [4.69, 9.17) is 4.74 Å². The molecule has 0 aliphatic heterocycles. The van der Waals surface area contributed by atoms with E-state index in [0.717, 1.165) is 10.5 Å². The number of anilines is 1. The summed E-state index contributed by atoms with van der Waals surface area (Å²) in [4.78, 5) is 39.8. The fraction of sp³-hybridized carbons (Fsp3) is 0.147. The maximum Gasteiger partial charge on any atom is 0.272 e. The van der Waals surface area contributed by atoms with Crippen molar-refractivity contribution in [3.63, 3.8) is 0 Å². The van der Waals surface area contributed by atoms with Crippen molar-refractivity contribution in [3.8, 4) is 5.75 Å². The SMILES string of the molecule is COc1ccccc1C(=O)CSc1ccc(NC(=O)/C(=C/c2ccc(C(C)C)cc2)NC(=O)c2ccccc2)cc1. The van der Waals surface area contributed by atoms with Crippen molar-refractivity contribution in [1.29, 1.82) is 0 Å². The van der Waals surface area contributed by atoms with Gasteiger partial charge >= 0.3 is 0 Å². The Kier molecular flexibility index (Phi) is 10.1. The molecule has 208 valence electrons. The number of ketones is 1. The van der Waals surface area contributed by atoms with Gasteiger partial charge in [-0.1, -0.05) is 68.4 Å². The van der Waals surface area contributed by atoms with E-state index in [1.807, 2.05) is 54.6 Å². The van der Waals surface area contributed by atoms with Crippen molar-refractivity contribution < 1.29 is 19.1 Å². The molecule has 0 spiro atoms. The van der Waals surface area contributed by atoms with Crippen LogP contribution in [0.2, 0.25) is 0 Å². The second kappa shape index (κ2) is 14.1.